The third-order valence-electron chi connectivity index (χ3n) is 3.75. The Hall–Kier alpha value is -2.63. The van der Waals surface area contributed by atoms with E-state index in [0.29, 0.717) is 5.76 Å². The highest BCUT2D eigenvalue weighted by atomic mass is 19.1. The number of hydrogen-bond donors (Lipinski definition) is 1. The second kappa shape index (κ2) is 8.29. The molecule has 0 aliphatic rings. The van der Waals surface area contributed by atoms with Gasteiger partial charge in [-0.3, -0.25) is 9.59 Å². The summed E-state index contributed by atoms with van der Waals surface area (Å²) in [6.45, 7) is 3.94. The minimum atomic E-state index is -0.641. The molecular formula is C18H21FN2O3. The van der Waals surface area contributed by atoms with Crippen molar-refractivity contribution >= 4 is 11.8 Å². The lowest BCUT2D eigenvalue weighted by Gasteiger charge is -2.28. The van der Waals surface area contributed by atoms with Crippen LogP contribution >= 0.6 is 0 Å². The van der Waals surface area contributed by atoms with Gasteiger partial charge in [0.1, 0.15) is 17.6 Å². The van der Waals surface area contributed by atoms with E-state index in [1.54, 1.807) is 38.1 Å². The van der Waals surface area contributed by atoms with Crippen LogP contribution in [0.4, 0.5) is 4.39 Å². The second-order valence-corrected chi connectivity index (χ2v) is 5.47. The van der Waals surface area contributed by atoms with Gasteiger partial charge < -0.3 is 14.6 Å². The molecule has 0 unspecified atom stereocenters. The molecule has 24 heavy (non-hydrogen) atoms. The predicted molar refractivity (Wildman–Crippen MR) is 87.3 cm³/mol. The molecule has 6 heteroatoms. The highest BCUT2D eigenvalue weighted by molar-refractivity contribution is 5.87. The Balaban J connectivity index is 2.03. The number of rotatable bonds is 7. The molecule has 0 radical (unpaired) electrons. The van der Waals surface area contributed by atoms with Crippen molar-refractivity contribution in [1.82, 2.24) is 10.2 Å². The molecule has 0 aliphatic carbocycles. The molecule has 2 rings (SSSR count). The van der Waals surface area contributed by atoms with Gasteiger partial charge in [0.25, 0.3) is 0 Å². The van der Waals surface area contributed by atoms with Crippen LogP contribution in [0.15, 0.2) is 47.1 Å². The molecular weight excluding hydrogens is 311 g/mol. The highest BCUT2D eigenvalue weighted by Gasteiger charge is 2.25. The van der Waals surface area contributed by atoms with Gasteiger partial charge in [-0.2, -0.15) is 0 Å². The number of hydrogen-bond acceptors (Lipinski definition) is 3. The monoisotopic (exact) mass is 332 g/mol. The zero-order valence-electron chi connectivity index (χ0n) is 13.8. The van der Waals surface area contributed by atoms with Crippen LogP contribution in [0, 0.1) is 5.82 Å². The molecule has 2 aromatic rings. The molecule has 0 aliphatic heterocycles. The molecule has 5 nitrogen and oxygen atoms in total. The van der Waals surface area contributed by atoms with Crippen molar-refractivity contribution in [2.24, 2.45) is 0 Å². The summed E-state index contributed by atoms with van der Waals surface area (Å²) in [6.07, 6.45) is 1.82. The first-order valence-corrected chi connectivity index (χ1v) is 7.85. The van der Waals surface area contributed by atoms with Gasteiger partial charge in [0, 0.05) is 13.0 Å². The van der Waals surface area contributed by atoms with Crippen LogP contribution in [0.3, 0.4) is 0 Å². The Bertz CT molecular complexity index is 668. The van der Waals surface area contributed by atoms with Crippen molar-refractivity contribution in [2.75, 3.05) is 0 Å². The van der Waals surface area contributed by atoms with Gasteiger partial charge >= 0.3 is 0 Å². The van der Waals surface area contributed by atoms with Crippen LogP contribution in [0.1, 0.15) is 31.6 Å². The quantitative estimate of drug-likeness (QED) is 0.848. The molecule has 1 N–H and O–H groups in total. The lowest BCUT2D eigenvalue weighted by molar-refractivity contribution is -0.140. The summed E-state index contributed by atoms with van der Waals surface area (Å²) in [6, 6.07) is 8.76. The zero-order chi connectivity index (χ0) is 17.5. The smallest absolute Gasteiger partial charge is 0.242 e. The molecule has 2 amide bonds. The van der Waals surface area contributed by atoms with Gasteiger partial charge in [0.2, 0.25) is 11.8 Å². The molecule has 0 fully saturated rings. The fourth-order valence-electron chi connectivity index (χ4n) is 2.31. The maximum Gasteiger partial charge on any atom is 0.242 e. The SMILES string of the molecule is CCC(=O)N(Cc1ccc(F)cc1)[C@@H](C)C(=O)NCc1ccco1. The van der Waals surface area contributed by atoms with E-state index in [1.807, 2.05) is 0 Å². The Labute approximate surface area is 140 Å². The van der Waals surface area contributed by atoms with Crippen LogP contribution in [0.5, 0.6) is 0 Å². The molecule has 1 atom stereocenters. The Morgan fingerprint density at radius 3 is 2.54 bits per heavy atom. The second-order valence-electron chi connectivity index (χ2n) is 5.47. The van der Waals surface area contributed by atoms with E-state index in [-0.39, 0.29) is 37.1 Å². The summed E-state index contributed by atoms with van der Waals surface area (Å²) in [5.74, 6) is -0.103. The van der Waals surface area contributed by atoms with Gasteiger partial charge in [0.15, 0.2) is 0 Å². The molecule has 0 saturated carbocycles. The summed E-state index contributed by atoms with van der Waals surface area (Å²) < 4.78 is 18.2. The largest absolute Gasteiger partial charge is 0.467 e. The van der Waals surface area contributed by atoms with Crippen LogP contribution in [-0.2, 0) is 22.7 Å². The van der Waals surface area contributed by atoms with Crippen molar-refractivity contribution in [3.05, 3.63) is 59.8 Å². The minimum Gasteiger partial charge on any atom is -0.467 e. The average molecular weight is 332 g/mol. The highest BCUT2D eigenvalue weighted by Crippen LogP contribution is 2.12. The summed E-state index contributed by atoms with van der Waals surface area (Å²) in [5.41, 5.74) is 0.767. The van der Waals surface area contributed by atoms with E-state index < -0.39 is 6.04 Å². The maximum atomic E-state index is 13.0. The lowest BCUT2D eigenvalue weighted by Crippen LogP contribution is -2.47. The number of benzene rings is 1. The summed E-state index contributed by atoms with van der Waals surface area (Å²) in [7, 11) is 0. The van der Waals surface area contributed by atoms with Crippen molar-refractivity contribution in [1.29, 1.82) is 0 Å². The van der Waals surface area contributed by atoms with Crippen molar-refractivity contribution in [3.63, 3.8) is 0 Å². The molecule has 128 valence electrons. The number of halogens is 1. The van der Waals surface area contributed by atoms with Gasteiger partial charge in [-0.1, -0.05) is 19.1 Å². The fraction of sp³-hybridized carbons (Fsp3) is 0.333. The summed E-state index contributed by atoms with van der Waals surface area (Å²) >= 11 is 0. The number of furan rings is 1. The Morgan fingerprint density at radius 2 is 1.96 bits per heavy atom. The Kier molecular flexibility index (Phi) is 6.12. The van der Waals surface area contributed by atoms with E-state index in [9.17, 15) is 14.0 Å². The fourth-order valence-corrected chi connectivity index (χ4v) is 2.31. The summed E-state index contributed by atoms with van der Waals surface area (Å²) in [5, 5.41) is 2.75. The third kappa shape index (κ3) is 4.68. The van der Waals surface area contributed by atoms with Crippen molar-refractivity contribution in [3.8, 4) is 0 Å². The molecule has 1 aromatic carbocycles. The summed E-state index contributed by atoms with van der Waals surface area (Å²) in [4.78, 5) is 26.0. The normalized spacial score (nSPS) is 11.8. The zero-order valence-corrected chi connectivity index (χ0v) is 13.8. The van der Waals surface area contributed by atoms with E-state index >= 15 is 0 Å². The van der Waals surface area contributed by atoms with E-state index in [2.05, 4.69) is 5.32 Å². The van der Waals surface area contributed by atoms with Crippen molar-refractivity contribution in [2.45, 2.75) is 39.4 Å². The first-order valence-electron chi connectivity index (χ1n) is 7.85. The molecule has 1 heterocycles. The lowest BCUT2D eigenvalue weighted by atomic mass is 10.1. The van der Waals surface area contributed by atoms with Crippen LogP contribution < -0.4 is 5.32 Å². The van der Waals surface area contributed by atoms with Crippen LogP contribution in [0.25, 0.3) is 0 Å². The standard InChI is InChI=1S/C18H21FN2O3/c1-3-17(22)21(12-14-6-8-15(19)9-7-14)13(2)18(23)20-11-16-5-4-10-24-16/h4-10,13H,3,11-12H2,1-2H3,(H,20,23)/t13-/m0/s1. The number of carbonyl (C=O) groups excluding carboxylic acids is 2. The van der Waals surface area contributed by atoms with Gasteiger partial charge in [-0.15, -0.1) is 0 Å². The molecule has 1 aromatic heterocycles. The van der Waals surface area contributed by atoms with E-state index in [1.165, 1.54) is 23.3 Å². The van der Waals surface area contributed by atoms with Gasteiger partial charge in [-0.05, 0) is 36.8 Å². The van der Waals surface area contributed by atoms with Gasteiger partial charge in [-0.25, -0.2) is 4.39 Å². The maximum absolute atomic E-state index is 13.0. The topological polar surface area (TPSA) is 62.6 Å². The minimum absolute atomic E-state index is 0.139. The predicted octanol–water partition coefficient (Wildman–Crippen LogP) is 2.86. The molecule has 0 bridgehead atoms. The van der Waals surface area contributed by atoms with Gasteiger partial charge in [0.05, 0.1) is 12.8 Å². The average Bonchev–Trinajstić information content (AvgIpc) is 3.11. The van der Waals surface area contributed by atoms with E-state index in [0.717, 1.165) is 5.56 Å². The Morgan fingerprint density at radius 1 is 1.25 bits per heavy atom. The molecule has 0 spiro atoms. The number of carbonyl (C=O) groups is 2. The number of amides is 2. The first kappa shape index (κ1) is 17.7. The third-order valence-corrected chi connectivity index (χ3v) is 3.75. The molecule has 0 saturated heterocycles. The number of nitrogens with one attached hydrogen (secondary N) is 1. The first-order chi connectivity index (χ1) is 11.5. The van der Waals surface area contributed by atoms with Crippen molar-refractivity contribution < 1.29 is 18.4 Å². The van der Waals surface area contributed by atoms with Crippen LogP contribution in [-0.4, -0.2) is 22.8 Å². The van der Waals surface area contributed by atoms with Crippen LogP contribution in [0.2, 0.25) is 0 Å². The van der Waals surface area contributed by atoms with E-state index in [4.69, 9.17) is 4.42 Å². The number of nitrogens with zero attached hydrogens (tertiary/aromatic N) is 1.